The number of aryl methyl sites for hydroxylation is 1. The van der Waals surface area contributed by atoms with E-state index in [1.54, 1.807) is 12.1 Å². The quantitative estimate of drug-likeness (QED) is 0.578. The number of nitrogens with one attached hydrogen (secondary N) is 1. The van der Waals surface area contributed by atoms with E-state index in [-0.39, 0.29) is 31.9 Å². The van der Waals surface area contributed by atoms with E-state index in [4.69, 9.17) is 4.74 Å². The van der Waals surface area contributed by atoms with Gasteiger partial charge in [0.15, 0.2) is 5.82 Å². The van der Waals surface area contributed by atoms with Gasteiger partial charge < -0.3 is 14.6 Å². The van der Waals surface area contributed by atoms with Crippen LogP contribution in [0.4, 0.5) is 10.1 Å². The van der Waals surface area contributed by atoms with Crippen molar-refractivity contribution in [2.75, 3.05) is 31.6 Å². The van der Waals surface area contributed by atoms with E-state index < -0.39 is 26.6 Å². The fourth-order valence-corrected chi connectivity index (χ4v) is 5.90. The molecule has 2 aliphatic heterocycles. The van der Waals surface area contributed by atoms with Gasteiger partial charge in [-0.25, -0.2) is 12.8 Å². The number of hydrogen-bond acceptors (Lipinski definition) is 6. The zero-order chi connectivity index (χ0) is 24.4. The molecule has 0 atom stereocenters. The van der Waals surface area contributed by atoms with Crippen molar-refractivity contribution < 1.29 is 22.3 Å². The van der Waals surface area contributed by atoms with Crippen LogP contribution in [0, 0.1) is 5.82 Å². The van der Waals surface area contributed by atoms with Crippen molar-refractivity contribution in [3.63, 3.8) is 0 Å². The Balaban J connectivity index is 1.38. The fourth-order valence-electron chi connectivity index (χ4n) is 4.41. The molecule has 3 heterocycles. The van der Waals surface area contributed by atoms with Crippen molar-refractivity contribution in [2.45, 2.75) is 37.1 Å². The molecule has 35 heavy (non-hydrogen) atoms. The summed E-state index contributed by atoms with van der Waals surface area (Å²) in [7, 11) is -4.09. The number of aromatic nitrogens is 3. The number of fused-ring (bicyclic) bond motifs is 1. The first-order chi connectivity index (χ1) is 16.9. The minimum absolute atomic E-state index is 0.0417. The number of carbonyl (C=O) groups is 1. The molecule has 1 N–H and O–H groups in total. The summed E-state index contributed by atoms with van der Waals surface area (Å²) in [6.45, 7) is 1.61. The Hall–Kier alpha value is -3.15. The van der Waals surface area contributed by atoms with Gasteiger partial charge in [0.2, 0.25) is 10.0 Å². The molecule has 3 aromatic rings. The molecule has 0 aliphatic carbocycles. The Morgan fingerprint density at radius 1 is 1.00 bits per heavy atom. The smallest absolute Gasteiger partial charge is 0.255 e. The first kappa shape index (κ1) is 23.6. The van der Waals surface area contributed by atoms with E-state index in [2.05, 4.69) is 20.1 Å². The van der Waals surface area contributed by atoms with Crippen LogP contribution >= 0.6 is 0 Å². The summed E-state index contributed by atoms with van der Waals surface area (Å²) in [6.07, 6.45) is 4.20. The zero-order valence-electron chi connectivity index (χ0n) is 19.1. The second-order valence-electron chi connectivity index (χ2n) is 8.60. The van der Waals surface area contributed by atoms with Gasteiger partial charge in [-0.15, -0.1) is 10.2 Å². The maximum Gasteiger partial charge on any atom is 0.255 e. The number of ether oxygens (including phenoxy) is 1. The number of morpholine rings is 1. The lowest BCUT2D eigenvalue weighted by atomic mass is 10.1. The summed E-state index contributed by atoms with van der Waals surface area (Å²) >= 11 is 0. The molecule has 11 heteroatoms. The van der Waals surface area contributed by atoms with Gasteiger partial charge in [-0.05, 0) is 43.2 Å². The van der Waals surface area contributed by atoms with Crippen molar-refractivity contribution in [3.05, 3.63) is 59.7 Å². The van der Waals surface area contributed by atoms with E-state index >= 15 is 0 Å². The molecule has 1 amide bonds. The normalized spacial score (nSPS) is 16.9. The maximum atomic E-state index is 14.5. The number of sulfonamides is 1. The largest absolute Gasteiger partial charge is 0.379 e. The molecule has 1 fully saturated rings. The van der Waals surface area contributed by atoms with Gasteiger partial charge in [-0.1, -0.05) is 18.6 Å². The van der Waals surface area contributed by atoms with E-state index in [0.29, 0.717) is 5.69 Å². The second-order valence-corrected chi connectivity index (χ2v) is 10.5. The monoisotopic (exact) mass is 499 g/mol. The minimum atomic E-state index is -4.09. The van der Waals surface area contributed by atoms with Crippen molar-refractivity contribution in [1.29, 1.82) is 0 Å². The lowest BCUT2D eigenvalue weighted by molar-refractivity contribution is 0.0729. The molecule has 184 valence electrons. The molecule has 0 saturated carbocycles. The number of carbonyl (C=O) groups excluding carboxylic acids is 1. The third-order valence-electron chi connectivity index (χ3n) is 6.27. The molecule has 2 aliphatic rings. The Morgan fingerprint density at radius 2 is 1.83 bits per heavy atom. The number of halogens is 1. The van der Waals surface area contributed by atoms with Crippen molar-refractivity contribution in [1.82, 2.24) is 19.1 Å². The number of benzene rings is 2. The Kier molecular flexibility index (Phi) is 6.63. The van der Waals surface area contributed by atoms with Gasteiger partial charge >= 0.3 is 0 Å². The lowest BCUT2D eigenvalue weighted by Crippen LogP contribution is -2.41. The molecular formula is C24H26FN5O4S. The number of rotatable bonds is 5. The van der Waals surface area contributed by atoms with Crippen LogP contribution in [0.1, 0.15) is 35.4 Å². The van der Waals surface area contributed by atoms with Crippen LogP contribution in [0.2, 0.25) is 0 Å². The molecule has 1 aromatic heterocycles. The van der Waals surface area contributed by atoms with Gasteiger partial charge in [0.1, 0.15) is 16.5 Å². The first-order valence-corrected chi connectivity index (χ1v) is 13.1. The molecule has 1 saturated heterocycles. The number of nitrogens with zero attached hydrogens (tertiary/aromatic N) is 4. The van der Waals surface area contributed by atoms with E-state index in [0.717, 1.165) is 61.6 Å². The summed E-state index contributed by atoms with van der Waals surface area (Å²) in [5, 5.41) is 11.5. The zero-order valence-corrected chi connectivity index (χ0v) is 19.9. The highest BCUT2D eigenvalue weighted by atomic mass is 32.2. The summed E-state index contributed by atoms with van der Waals surface area (Å²) in [5.41, 5.74) is 1.37. The van der Waals surface area contributed by atoms with Gasteiger partial charge in [0, 0.05) is 42.9 Å². The second kappa shape index (κ2) is 9.84. The molecule has 2 aromatic carbocycles. The third-order valence-corrected chi connectivity index (χ3v) is 8.18. The van der Waals surface area contributed by atoms with E-state index in [1.165, 1.54) is 10.4 Å². The van der Waals surface area contributed by atoms with Gasteiger partial charge in [-0.2, -0.15) is 4.31 Å². The Morgan fingerprint density at radius 3 is 2.66 bits per heavy atom. The van der Waals surface area contributed by atoms with Gasteiger partial charge in [-0.3, -0.25) is 4.79 Å². The van der Waals surface area contributed by atoms with Crippen LogP contribution < -0.4 is 5.32 Å². The van der Waals surface area contributed by atoms with Crippen molar-refractivity contribution >= 4 is 21.6 Å². The molecule has 9 nitrogen and oxygen atoms in total. The standard InChI is InChI=1S/C24H26FN5O4S/c25-20-9-8-18(16-21(20)35(32,33)29-11-13-34-14-12-29)24(31)26-19-6-4-5-17(15-19)23-28-27-22-7-2-1-3-10-30(22)23/h4-6,8-9,15-16H,1-3,7,10-14H2,(H,26,31). The molecular weight excluding hydrogens is 473 g/mol. The van der Waals surface area contributed by atoms with E-state index in [9.17, 15) is 17.6 Å². The van der Waals surface area contributed by atoms with Crippen LogP contribution in [0.3, 0.4) is 0 Å². The summed E-state index contributed by atoms with van der Waals surface area (Å²) in [4.78, 5) is 12.4. The fraction of sp³-hybridized carbons (Fsp3) is 0.375. The number of amides is 1. The van der Waals surface area contributed by atoms with Gasteiger partial charge in [0.05, 0.1) is 13.2 Å². The van der Waals surface area contributed by atoms with Crippen molar-refractivity contribution in [3.8, 4) is 11.4 Å². The lowest BCUT2D eigenvalue weighted by Gasteiger charge is -2.26. The Labute approximate surface area is 203 Å². The highest BCUT2D eigenvalue weighted by Gasteiger charge is 2.30. The van der Waals surface area contributed by atoms with Crippen molar-refractivity contribution in [2.24, 2.45) is 0 Å². The topological polar surface area (TPSA) is 106 Å². The molecule has 5 rings (SSSR count). The predicted molar refractivity (Wildman–Crippen MR) is 127 cm³/mol. The minimum Gasteiger partial charge on any atom is -0.379 e. The summed E-state index contributed by atoms with van der Waals surface area (Å²) < 4.78 is 48.9. The van der Waals surface area contributed by atoms with Crippen LogP contribution in [0.25, 0.3) is 11.4 Å². The summed E-state index contributed by atoms with van der Waals surface area (Å²) in [5.74, 6) is 0.272. The van der Waals surface area contributed by atoms with Crippen LogP contribution in [-0.4, -0.2) is 59.7 Å². The maximum absolute atomic E-state index is 14.5. The number of anilines is 1. The van der Waals surface area contributed by atoms with Gasteiger partial charge in [0.25, 0.3) is 5.91 Å². The molecule has 0 unspecified atom stereocenters. The highest BCUT2D eigenvalue weighted by molar-refractivity contribution is 7.89. The van der Waals surface area contributed by atoms with E-state index in [1.807, 2.05) is 12.1 Å². The highest BCUT2D eigenvalue weighted by Crippen LogP contribution is 2.26. The Bertz CT molecular complexity index is 1350. The van der Waals surface area contributed by atoms with Crippen LogP contribution in [0.15, 0.2) is 47.4 Å². The first-order valence-electron chi connectivity index (χ1n) is 11.6. The summed E-state index contributed by atoms with van der Waals surface area (Å²) in [6, 6.07) is 10.6. The average Bonchev–Trinajstić information content (AvgIpc) is 3.13. The van der Waals surface area contributed by atoms with Crippen LogP contribution in [-0.2, 0) is 27.7 Å². The molecule has 0 spiro atoms. The third kappa shape index (κ3) is 4.84. The average molecular weight is 500 g/mol. The molecule has 0 bridgehead atoms. The predicted octanol–water partition coefficient (Wildman–Crippen LogP) is 3.08. The SMILES string of the molecule is O=C(Nc1cccc(-c2nnc3n2CCCCC3)c1)c1ccc(F)c(S(=O)(=O)N2CCOCC2)c1. The van der Waals surface area contributed by atoms with Crippen LogP contribution in [0.5, 0.6) is 0 Å². The number of hydrogen-bond donors (Lipinski definition) is 1. The molecule has 0 radical (unpaired) electrons.